The molecule has 104 valence electrons. The normalized spacial score (nSPS) is 15.9. The predicted molar refractivity (Wildman–Crippen MR) is 79.7 cm³/mol. The Morgan fingerprint density at radius 1 is 1.05 bits per heavy atom. The molecule has 2 heterocycles. The maximum Gasteiger partial charge on any atom is 0.275 e. The van der Waals surface area contributed by atoms with Crippen molar-refractivity contribution in [3.05, 3.63) is 36.0 Å². The second-order valence-electron chi connectivity index (χ2n) is 5.02. The first-order chi connectivity index (χ1) is 9.86. The molecule has 0 aliphatic carbocycles. The van der Waals surface area contributed by atoms with Crippen LogP contribution in [0.15, 0.2) is 30.3 Å². The molecule has 20 heavy (non-hydrogen) atoms. The summed E-state index contributed by atoms with van der Waals surface area (Å²) in [6.07, 6.45) is 4.60. The molecule has 4 nitrogen and oxygen atoms in total. The van der Waals surface area contributed by atoms with Crippen molar-refractivity contribution >= 4 is 17.4 Å². The van der Waals surface area contributed by atoms with Crippen molar-refractivity contribution in [1.29, 1.82) is 0 Å². The first-order valence-corrected chi connectivity index (χ1v) is 7.80. The van der Waals surface area contributed by atoms with Gasteiger partial charge in [0.1, 0.15) is 0 Å². The summed E-state index contributed by atoms with van der Waals surface area (Å²) >= 11 is 1.29. The Morgan fingerprint density at radius 3 is 2.45 bits per heavy atom. The Morgan fingerprint density at radius 2 is 1.75 bits per heavy atom. The lowest BCUT2D eigenvalue weighted by Crippen LogP contribution is -2.32. The highest BCUT2D eigenvalue weighted by Crippen LogP contribution is 2.27. The standard InChI is InChI=1S/C15H17N3OS/c19-15(18-10-6-1-2-7-11-18)13-14(20-17-16-13)12-8-4-3-5-9-12/h3-5,8-9H,1-2,6-7,10-11H2. The average Bonchev–Trinajstić information content (AvgIpc) is 2.82. The van der Waals surface area contributed by atoms with Gasteiger partial charge in [0.05, 0.1) is 4.88 Å². The quantitative estimate of drug-likeness (QED) is 0.852. The van der Waals surface area contributed by atoms with Crippen LogP contribution in [0.1, 0.15) is 36.2 Å². The van der Waals surface area contributed by atoms with E-state index in [1.165, 1.54) is 24.4 Å². The molecular weight excluding hydrogens is 270 g/mol. The van der Waals surface area contributed by atoms with Crippen LogP contribution in [0.4, 0.5) is 0 Å². The molecule has 1 aromatic heterocycles. The van der Waals surface area contributed by atoms with E-state index in [4.69, 9.17) is 0 Å². The third-order valence-corrected chi connectivity index (χ3v) is 4.39. The van der Waals surface area contributed by atoms with Gasteiger partial charge in [0, 0.05) is 13.1 Å². The van der Waals surface area contributed by atoms with Crippen molar-refractivity contribution in [1.82, 2.24) is 14.5 Å². The number of likely N-dealkylation sites (tertiary alicyclic amines) is 1. The second-order valence-corrected chi connectivity index (χ2v) is 5.78. The van der Waals surface area contributed by atoms with Crippen LogP contribution in [0.25, 0.3) is 10.4 Å². The number of rotatable bonds is 2. The SMILES string of the molecule is O=C(c1nnsc1-c1ccccc1)N1CCCCCC1. The number of benzene rings is 1. The minimum absolute atomic E-state index is 0.0273. The van der Waals surface area contributed by atoms with Crippen molar-refractivity contribution in [2.75, 3.05) is 13.1 Å². The number of amides is 1. The van der Waals surface area contributed by atoms with E-state index in [0.717, 1.165) is 36.4 Å². The van der Waals surface area contributed by atoms with Gasteiger partial charge in [0.2, 0.25) is 0 Å². The van der Waals surface area contributed by atoms with Gasteiger partial charge in [-0.25, -0.2) is 0 Å². The fourth-order valence-corrected chi connectivity index (χ4v) is 3.19. The van der Waals surface area contributed by atoms with Gasteiger partial charge in [-0.2, -0.15) is 0 Å². The van der Waals surface area contributed by atoms with Crippen LogP contribution in [-0.4, -0.2) is 33.5 Å². The lowest BCUT2D eigenvalue weighted by molar-refractivity contribution is 0.0756. The van der Waals surface area contributed by atoms with E-state index < -0.39 is 0 Å². The van der Waals surface area contributed by atoms with E-state index in [-0.39, 0.29) is 5.91 Å². The second kappa shape index (κ2) is 6.13. The Bertz CT molecular complexity index is 574. The largest absolute Gasteiger partial charge is 0.337 e. The van der Waals surface area contributed by atoms with Crippen molar-refractivity contribution < 1.29 is 4.79 Å². The number of carbonyl (C=O) groups is 1. The zero-order valence-corrected chi connectivity index (χ0v) is 12.1. The fourth-order valence-electron chi connectivity index (χ4n) is 2.53. The molecule has 0 unspecified atom stereocenters. The molecule has 0 atom stereocenters. The Balaban J connectivity index is 1.87. The third kappa shape index (κ3) is 2.72. The summed E-state index contributed by atoms with van der Waals surface area (Å²) in [5, 5.41) is 4.08. The molecule has 5 heteroatoms. The summed E-state index contributed by atoms with van der Waals surface area (Å²) in [4.78, 5) is 15.4. The van der Waals surface area contributed by atoms with E-state index in [9.17, 15) is 4.79 Å². The third-order valence-electron chi connectivity index (χ3n) is 3.62. The predicted octanol–water partition coefficient (Wildman–Crippen LogP) is 3.22. The van der Waals surface area contributed by atoms with Gasteiger partial charge in [-0.15, -0.1) is 5.10 Å². The molecule has 2 aromatic rings. The molecule has 1 aromatic carbocycles. The molecule has 3 rings (SSSR count). The molecule has 0 radical (unpaired) electrons. The van der Waals surface area contributed by atoms with Crippen LogP contribution in [0, 0.1) is 0 Å². The van der Waals surface area contributed by atoms with Crippen LogP contribution >= 0.6 is 11.5 Å². The van der Waals surface area contributed by atoms with Crippen molar-refractivity contribution in [2.24, 2.45) is 0 Å². The van der Waals surface area contributed by atoms with Gasteiger partial charge in [-0.05, 0) is 29.9 Å². The Labute approximate surface area is 122 Å². The van der Waals surface area contributed by atoms with E-state index >= 15 is 0 Å². The molecule has 0 spiro atoms. The maximum atomic E-state index is 12.6. The molecule has 0 saturated carbocycles. The highest BCUT2D eigenvalue weighted by molar-refractivity contribution is 7.09. The number of aromatic nitrogens is 2. The molecular formula is C15H17N3OS. The van der Waals surface area contributed by atoms with Gasteiger partial charge in [-0.3, -0.25) is 4.79 Å². The number of nitrogens with zero attached hydrogens (tertiary/aromatic N) is 3. The van der Waals surface area contributed by atoms with E-state index in [2.05, 4.69) is 9.59 Å². The van der Waals surface area contributed by atoms with Crippen molar-refractivity contribution in [2.45, 2.75) is 25.7 Å². The minimum Gasteiger partial charge on any atom is -0.337 e. The number of carbonyl (C=O) groups excluding carboxylic acids is 1. The Kier molecular flexibility index (Phi) is 4.06. The van der Waals surface area contributed by atoms with Crippen LogP contribution in [0.2, 0.25) is 0 Å². The highest BCUT2D eigenvalue weighted by atomic mass is 32.1. The van der Waals surface area contributed by atoms with Crippen molar-refractivity contribution in [3.63, 3.8) is 0 Å². The fraction of sp³-hybridized carbons (Fsp3) is 0.400. The zero-order valence-electron chi connectivity index (χ0n) is 11.3. The zero-order chi connectivity index (χ0) is 13.8. The van der Waals surface area contributed by atoms with E-state index in [0.29, 0.717) is 5.69 Å². The summed E-state index contributed by atoms with van der Waals surface area (Å²) in [6, 6.07) is 9.89. The Hall–Kier alpha value is -1.75. The van der Waals surface area contributed by atoms with Gasteiger partial charge in [0.25, 0.3) is 5.91 Å². The first kappa shape index (κ1) is 13.2. The van der Waals surface area contributed by atoms with E-state index in [1.807, 2.05) is 35.2 Å². The smallest absolute Gasteiger partial charge is 0.275 e. The topological polar surface area (TPSA) is 46.1 Å². The number of hydrogen-bond acceptors (Lipinski definition) is 4. The minimum atomic E-state index is 0.0273. The molecule has 0 bridgehead atoms. The average molecular weight is 287 g/mol. The van der Waals surface area contributed by atoms with Gasteiger partial charge >= 0.3 is 0 Å². The summed E-state index contributed by atoms with van der Waals surface area (Å²) in [6.45, 7) is 1.68. The summed E-state index contributed by atoms with van der Waals surface area (Å²) in [5.74, 6) is 0.0273. The molecule has 0 N–H and O–H groups in total. The first-order valence-electron chi connectivity index (χ1n) is 7.03. The van der Waals surface area contributed by atoms with Crippen LogP contribution < -0.4 is 0 Å². The monoisotopic (exact) mass is 287 g/mol. The van der Waals surface area contributed by atoms with Crippen LogP contribution in [-0.2, 0) is 0 Å². The van der Waals surface area contributed by atoms with Gasteiger partial charge in [0.15, 0.2) is 5.69 Å². The van der Waals surface area contributed by atoms with Gasteiger partial charge in [-0.1, -0.05) is 47.7 Å². The molecule has 1 fully saturated rings. The van der Waals surface area contributed by atoms with Crippen LogP contribution in [0.3, 0.4) is 0 Å². The highest BCUT2D eigenvalue weighted by Gasteiger charge is 2.23. The lowest BCUT2D eigenvalue weighted by Gasteiger charge is -2.19. The molecule has 1 aliphatic rings. The molecule has 1 aliphatic heterocycles. The number of hydrogen-bond donors (Lipinski definition) is 0. The maximum absolute atomic E-state index is 12.6. The van der Waals surface area contributed by atoms with E-state index in [1.54, 1.807) is 0 Å². The lowest BCUT2D eigenvalue weighted by atomic mass is 10.1. The summed E-state index contributed by atoms with van der Waals surface area (Å²) in [5.41, 5.74) is 1.52. The summed E-state index contributed by atoms with van der Waals surface area (Å²) < 4.78 is 3.98. The van der Waals surface area contributed by atoms with Crippen molar-refractivity contribution in [3.8, 4) is 10.4 Å². The molecule has 1 saturated heterocycles. The van der Waals surface area contributed by atoms with Gasteiger partial charge < -0.3 is 4.90 Å². The summed E-state index contributed by atoms with van der Waals surface area (Å²) in [7, 11) is 0. The van der Waals surface area contributed by atoms with Crippen LogP contribution in [0.5, 0.6) is 0 Å². The molecule has 1 amide bonds.